The summed E-state index contributed by atoms with van der Waals surface area (Å²) >= 11 is 0. The van der Waals surface area contributed by atoms with Crippen LogP contribution in [0.4, 0.5) is 26.3 Å². The number of hydrogen-bond donors (Lipinski definition) is 2. The van der Waals surface area contributed by atoms with E-state index in [1.807, 2.05) is 5.32 Å². The lowest BCUT2D eigenvalue weighted by Crippen LogP contribution is -2.28. The second-order valence-electron chi connectivity index (χ2n) is 6.68. The van der Waals surface area contributed by atoms with Gasteiger partial charge in [0.25, 0.3) is 5.91 Å². The lowest BCUT2D eigenvalue weighted by atomic mass is 10.0. The van der Waals surface area contributed by atoms with Gasteiger partial charge < -0.3 is 14.8 Å². The summed E-state index contributed by atoms with van der Waals surface area (Å²) in [5.74, 6) is -2.82. The van der Waals surface area contributed by atoms with Gasteiger partial charge in [-0.3, -0.25) is 4.79 Å². The second kappa shape index (κ2) is 8.85. The highest BCUT2D eigenvalue weighted by atomic mass is 19.4. The summed E-state index contributed by atoms with van der Waals surface area (Å²) in [5.41, 5.74) is -4.58. The van der Waals surface area contributed by atoms with Gasteiger partial charge >= 0.3 is 18.3 Å². The second-order valence-corrected chi connectivity index (χ2v) is 6.68. The number of carbonyl (C=O) groups excluding carboxylic acids is 1. The molecule has 2 N–H and O–H groups in total. The van der Waals surface area contributed by atoms with E-state index in [4.69, 9.17) is 4.42 Å². The van der Waals surface area contributed by atoms with Gasteiger partial charge in [-0.1, -0.05) is 30.3 Å². The first kappa shape index (κ1) is 23.6. The topological polar surface area (TPSA) is 79.5 Å². The molecule has 0 fully saturated rings. The number of halogens is 6. The number of hydrogen-bond acceptors (Lipinski definition) is 3. The van der Waals surface area contributed by atoms with Crippen LogP contribution in [0, 0.1) is 0 Å². The summed E-state index contributed by atoms with van der Waals surface area (Å²) in [6, 6.07) is 11.8. The Morgan fingerprint density at radius 3 is 1.94 bits per heavy atom. The van der Waals surface area contributed by atoms with Gasteiger partial charge in [0.1, 0.15) is 17.2 Å². The molecular formula is C22H13F6NO4. The lowest BCUT2D eigenvalue weighted by molar-refractivity contribution is -0.143. The van der Waals surface area contributed by atoms with E-state index < -0.39 is 46.6 Å². The molecule has 3 rings (SSSR count). The SMILES string of the molecule is O=C(O)C(=Cc1ccc(-c2ccccc2)o1)NC(=O)c1cc(C(F)(F)F)cc(C(F)(F)F)c1. The van der Waals surface area contributed by atoms with Crippen molar-refractivity contribution in [3.8, 4) is 11.3 Å². The van der Waals surface area contributed by atoms with E-state index in [-0.39, 0.29) is 24.0 Å². The van der Waals surface area contributed by atoms with Crippen molar-refractivity contribution in [2.75, 3.05) is 0 Å². The van der Waals surface area contributed by atoms with Crippen molar-refractivity contribution in [2.45, 2.75) is 12.4 Å². The molecular weight excluding hydrogens is 456 g/mol. The van der Waals surface area contributed by atoms with Crippen molar-refractivity contribution < 1.29 is 45.5 Å². The fourth-order valence-corrected chi connectivity index (χ4v) is 2.76. The Morgan fingerprint density at radius 1 is 0.848 bits per heavy atom. The van der Waals surface area contributed by atoms with E-state index in [2.05, 4.69) is 0 Å². The van der Waals surface area contributed by atoms with Crippen LogP contribution < -0.4 is 5.32 Å². The average Bonchev–Trinajstić information content (AvgIpc) is 3.21. The van der Waals surface area contributed by atoms with Gasteiger partial charge in [-0.15, -0.1) is 0 Å². The largest absolute Gasteiger partial charge is 0.477 e. The molecule has 0 unspecified atom stereocenters. The Hall–Kier alpha value is -4.02. The summed E-state index contributed by atoms with van der Waals surface area (Å²) in [7, 11) is 0. The van der Waals surface area contributed by atoms with E-state index in [0.717, 1.165) is 6.08 Å². The fraction of sp³-hybridized carbons (Fsp3) is 0.0909. The highest BCUT2D eigenvalue weighted by Crippen LogP contribution is 2.36. The minimum atomic E-state index is -5.16. The maximum absolute atomic E-state index is 13.0. The van der Waals surface area contributed by atoms with E-state index in [0.29, 0.717) is 11.3 Å². The predicted octanol–water partition coefficient (Wildman–Crippen LogP) is 5.84. The highest BCUT2D eigenvalue weighted by Gasteiger charge is 2.37. The molecule has 0 saturated carbocycles. The molecule has 172 valence electrons. The normalized spacial score (nSPS) is 12.5. The van der Waals surface area contributed by atoms with Crippen LogP contribution in [0.1, 0.15) is 27.2 Å². The fourth-order valence-electron chi connectivity index (χ4n) is 2.76. The zero-order chi connectivity index (χ0) is 24.4. The first-order chi connectivity index (χ1) is 15.3. The molecule has 11 heteroatoms. The Bertz CT molecular complexity index is 1180. The smallest absolute Gasteiger partial charge is 0.416 e. The highest BCUT2D eigenvalue weighted by molar-refractivity contribution is 6.02. The molecule has 1 amide bonds. The summed E-state index contributed by atoms with van der Waals surface area (Å²) in [4.78, 5) is 23.9. The summed E-state index contributed by atoms with van der Waals surface area (Å²) in [5, 5.41) is 11.2. The third kappa shape index (κ3) is 5.82. The van der Waals surface area contributed by atoms with Crippen molar-refractivity contribution in [2.24, 2.45) is 0 Å². The lowest BCUT2D eigenvalue weighted by Gasteiger charge is -2.14. The molecule has 0 spiro atoms. The number of carboxylic acids is 1. The molecule has 0 bridgehead atoms. The van der Waals surface area contributed by atoms with Gasteiger partial charge in [-0.2, -0.15) is 26.3 Å². The molecule has 2 aromatic carbocycles. The van der Waals surface area contributed by atoms with Gasteiger partial charge in [-0.05, 0) is 30.3 Å². The van der Waals surface area contributed by atoms with E-state index in [1.165, 1.54) is 12.1 Å². The van der Waals surface area contributed by atoms with Crippen molar-refractivity contribution >= 4 is 18.0 Å². The number of carboxylic acid groups (broad SMARTS) is 1. The Morgan fingerprint density at radius 2 is 1.42 bits per heavy atom. The van der Waals surface area contributed by atoms with Crippen molar-refractivity contribution in [3.05, 3.63) is 88.8 Å². The summed E-state index contributed by atoms with van der Waals surface area (Å²) in [6.07, 6.45) is -9.45. The molecule has 0 aliphatic heterocycles. The van der Waals surface area contributed by atoms with Crippen LogP contribution in [0.5, 0.6) is 0 Å². The molecule has 0 aliphatic rings. The van der Waals surface area contributed by atoms with Crippen LogP contribution in [-0.4, -0.2) is 17.0 Å². The van der Waals surface area contributed by atoms with Crippen molar-refractivity contribution in [1.82, 2.24) is 5.32 Å². The number of alkyl halides is 6. The van der Waals surface area contributed by atoms with Crippen LogP contribution in [0.3, 0.4) is 0 Å². The number of furan rings is 1. The Kier molecular flexibility index (Phi) is 6.34. The molecule has 0 atom stereocenters. The number of rotatable bonds is 5. The molecule has 33 heavy (non-hydrogen) atoms. The minimum Gasteiger partial charge on any atom is -0.477 e. The van der Waals surface area contributed by atoms with Gasteiger partial charge in [0.05, 0.1) is 11.1 Å². The van der Waals surface area contributed by atoms with Crippen LogP contribution in [0.15, 0.2) is 70.8 Å². The monoisotopic (exact) mass is 469 g/mol. The zero-order valence-electron chi connectivity index (χ0n) is 16.3. The van der Waals surface area contributed by atoms with Gasteiger partial charge in [0.2, 0.25) is 0 Å². The number of nitrogens with one attached hydrogen (secondary N) is 1. The van der Waals surface area contributed by atoms with Gasteiger partial charge in [0.15, 0.2) is 0 Å². The standard InChI is InChI=1S/C22H13F6NO4/c23-21(24,25)14-8-13(9-15(10-14)22(26,27)28)19(30)29-17(20(31)32)11-16-6-7-18(33-16)12-4-2-1-3-5-12/h1-11H,(H,29,30)(H,31,32). The first-order valence-corrected chi connectivity index (χ1v) is 9.05. The molecule has 5 nitrogen and oxygen atoms in total. The minimum absolute atomic E-state index is 0.0217. The zero-order valence-corrected chi connectivity index (χ0v) is 16.3. The third-order valence-corrected chi connectivity index (χ3v) is 4.30. The Labute approximate surface area is 182 Å². The summed E-state index contributed by atoms with van der Waals surface area (Å²) in [6.45, 7) is 0. The number of amides is 1. The number of carbonyl (C=O) groups is 2. The molecule has 0 aliphatic carbocycles. The predicted molar refractivity (Wildman–Crippen MR) is 104 cm³/mol. The summed E-state index contributed by atoms with van der Waals surface area (Å²) < 4.78 is 83.5. The quantitative estimate of drug-likeness (QED) is 0.364. The average molecular weight is 469 g/mol. The Balaban J connectivity index is 1.93. The van der Waals surface area contributed by atoms with Crippen molar-refractivity contribution in [1.29, 1.82) is 0 Å². The van der Waals surface area contributed by atoms with E-state index in [1.54, 1.807) is 30.3 Å². The first-order valence-electron chi connectivity index (χ1n) is 9.05. The van der Waals surface area contributed by atoms with Crippen LogP contribution in [0.2, 0.25) is 0 Å². The number of benzene rings is 2. The number of aliphatic carboxylic acids is 1. The molecule has 0 saturated heterocycles. The maximum Gasteiger partial charge on any atom is 0.416 e. The van der Waals surface area contributed by atoms with Crippen LogP contribution >= 0.6 is 0 Å². The van der Waals surface area contributed by atoms with Gasteiger partial charge in [-0.25, -0.2) is 4.79 Å². The maximum atomic E-state index is 13.0. The molecule has 1 heterocycles. The molecule has 1 aromatic heterocycles. The van der Waals surface area contributed by atoms with Gasteiger partial charge in [0, 0.05) is 17.2 Å². The molecule has 0 radical (unpaired) electrons. The van der Waals surface area contributed by atoms with E-state index in [9.17, 15) is 41.0 Å². The van der Waals surface area contributed by atoms with Crippen LogP contribution in [0.25, 0.3) is 17.4 Å². The van der Waals surface area contributed by atoms with Crippen LogP contribution in [-0.2, 0) is 17.1 Å². The third-order valence-electron chi connectivity index (χ3n) is 4.30. The molecule has 3 aromatic rings. The van der Waals surface area contributed by atoms with E-state index >= 15 is 0 Å². The van der Waals surface area contributed by atoms with Crippen molar-refractivity contribution in [3.63, 3.8) is 0 Å².